The van der Waals surface area contributed by atoms with Gasteiger partial charge in [0.05, 0.1) is 12.3 Å². The predicted octanol–water partition coefficient (Wildman–Crippen LogP) is 0.280. The molecule has 0 radical (unpaired) electrons. The molecule has 1 aromatic rings. The normalized spacial score (nSPS) is 10.5. The fourth-order valence-corrected chi connectivity index (χ4v) is 1.97. The van der Waals surface area contributed by atoms with Gasteiger partial charge in [-0.05, 0) is 13.8 Å². The Morgan fingerprint density at radius 2 is 2.10 bits per heavy atom. The molecule has 118 valence electrons. The van der Waals surface area contributed by atoms with Crippen LogP contribution in [0.2, 0.25) is 0 Å². The predicted molar refractivity (Wildman–Crippen MR) is 76.0 cm³/mol. The number of aryl methyl sites for hydroxylation is 2. The summed E-state index contributed by atoms with van der Waals surface area (Å²) in [5.41, 5.74) is 2.75. The molecule has 0 fully saturated rings. The smallest absolute Gasteiger partial charge is 0.323 e. The second-order valence-corrected chi connectivity index (χ2v) is 4.74. The number of carbonyl (C=O) groups is 2. The van der Waals surface area contributed by atoms with Crippen LogP contribution in [0, 0.1) is 13.8 Å². The molecule has 0 aliphatic rings. The maximum absolute atomic E-state index is 12.1. The Balaban J connectivity index is 2.66. The second kappa shape index (κ2) is 7.63. The lowest BCUT2D eigenvalue weighted by molar-refractivity contribution is -0.137. The number of carboxylic acid groups (broad SMARTS) is 1. The minimum absolute atomic E-state index is 0.222. The van der Waals surface area contributed by atoms with Gasteiger partial charge in [-0.25, -0.2) is 4.79 Å². The van der Waals surface area contributed by atoms with E-state index in [0.717, 1.165) is 17.0 Å². The Morgan fingerprint density at radius 1 is 1.43 bits per heavy atom. The van der Waals surface area contributed by atoms with Gasteiger partial charge in [-0.1, -0.05) is 0 Å². The van der Waals surface area contributed by atoms with E-state index < -0.39 is 12.0 Å². The third kappa shape index (κ3) is 4.75. The molecule has 8 heteroatoms. The molecule has 0 saturated heterocycles. The number of methoxy groups -OCH3 is 1. The van der Waals surface area contributed by atoms with E-state index in [0.29, 0.717) is 6.54 Å². The van der Waals surface area contributed by atoms with Crippen molar-refractivity contribution in [2.24, 2.45) is 7.05 Å². The van der Waals surface area contributed by atoms with E-state index >= 15 is 0 Å². The molecule has 21 heavy (non-hydrogen) atoms. The third-order valence-electron chi connectivity index (χ3n) is 3.25. The number of rotatable bonds is 7. The van der Waals surface area contributed by atoms with Gasteiger partial charge >= 0.3 is 12.0 Å². The van der Waals surface area contributed by atoms with Crippen molar-refractivity contribution in [1.82, 2.24) is 20.0 Å². The summed E-state index contributed by atoms with van der Waals surface area (Å²) in [5.74, 6) is -1.06. The molecule has 1 heterocycles. The number of carboxylic acids is 1. The first kappa shape index (κ1) is 17.0. The highest BCUT2D eigenvalue weighted by molar-refractivity contribution is 5.80. The maximum atomic E-state index is 12.1. The Labute approximate surface area is 123 Å². The van der Waals surface area contributed by atoms with Crippen molar-refractivity contribution in [3.8, 4) is 0 Å². The Bertz CT molecular complexity index is 513. The van der Waals surface area contributed by atoms with Crippen LogP contribution in [0.5, 0.6) is 0 Å². The highest BCUT2D eigenvalue weighted by Crippen LogP contribution is 2.11. The zero-order valence-electron chi connectivity index (χ0n) is 12.8. The molecule has 0 unspecified atom stereocenters. The van der Waals surface area contributed by atoms with Crippen LogP contribution in [0.3, 0.4) is 0 Å². The molecular formula is C13H22N4O4. The van der Waals surface area contributed by atoms with Crippen LogP contribution in [0.4, 0.5) is 4.79 Å². The number of hydrogen-bond acceptors (Lipinski definition) is 4. The zero-order valence-corrected chi connectivity index (χ0v) is 12.8. The molecule has 0 bridgehead atoms. The first-order valence-corrected chi connectivity index (χ1v) is 6.59. The van der Waals surface area contributed by atoms with E-state index in [9.17, 15) is 9.59 Å². The van der Waals surface area contributed by atoms with Crippen LogP contribution in [-0.2, 0) is 23.1 Å². The molecule has 1 aromatic heterocycles. The number of aliphatic carboxylic acids is 1. The number of ether oxygens (including phenoxy) is 1. The van der Waals surface area contributed by atoms with E-state index in [1.807, 2.05) is 20.9 Å². The fourth-order valence-electron chi connectivity index (χ4n) is 1.97. The first-order chi connectivity index (χ1) is 9.86. The van der Waals surface area contributed by atoms with Gasteiger partial charge in [-0.2, -0.15) is 5.10 Å². The highest BCUT2D eigenvalue weighted by atomic mass is 16.5. The lowest BCUT2D eigenvalue weighted by Crippen LogP contribution is -2.44. The number of aromatic nitrogens is 2. The van der Waals surface area contributed by atoms with Crippen LogP contribution in [0.1, 0.15) is 17.0 Å². The summed E-state index contributed by atoms with van der Waals surface area (Å²) < 4.78 is 6.63. The van der Waals surface area contributed by atoms with E-state index in [-0.39, 0.29) is 19.7 Å². The maximum Gasteiger partial charge on any atom is 0.323 e. The lowest BCUT2D eigenvalue weighted by atomic mass is 10.2. The van der Waals surface area contributed by atoms with Gasteiger partial charge in [0.1, 0.15) is 6.54 Å². The van der Waals surface area contributed by atoms with Crippen molar-refractivity contribution in [3.05, 3.63) is 17.0 Å². The van der Waals surface area contributed by atoms with Crippen molar-refractivity contribution in [3.63, 3.8) is 0 Å². The van der Waals surface area contributed by atoms with Gasteiger partial charge in [0.2, 0.25) is 0 Å². The number of carbonyl (C=O) groups excluding carboxylic acids is 1. The van der Waals surface area contributed by atoms with E-state index in [1.165, 1.54) is 12.0 Å². The molecular weight excluding hydrogens is 276 g/mol. The summed E-state index contributed by atoms with van der Waals surface area (Å²) in [4.78, 5) is 24.0. The van der Waals surface area contributed by atoms with Crippen LogP contribution in [0.25, 0.3) is 0 Å². The average molecular weight is 298 g/mol. The standard InChI is InChI=1S/C13H22N4O4/c1-9-11(10(2)16(3)15-9)7-14-13(20)17(5-6-21-4)8-12(18)19/h5-8H2,1-4H3,(H,14,20)(H,18,19). The first-order valence-electron chi connectivity index (χ1n) is 6.59. The van der Waals surface area contributed by atoms with Gasteiger partial charge in [-0.15, -0.1) is 0 Å². The summed E-state index contributed by atoms with van der Waals surface area (Å²) in [5, 5.41) is 15.8. The Hall–Kier alpha value is -2.09. The molecule has 0 aromatic carbocycles. The molecule has 0 aliphatic heterocycles. The average Bonchev–Trinajstić information content (AvgIpc) is 2.65. The van der Waals surface area contributed by atoms with Crippen LogP contribution >= 0.6 is 0 Å². The monoisotopic (exact) mass is 298 g/mol. The molecule has 1 rings (SSSR count). The number of nitrogens with zero attached hydrogens (tertiary/aromatic N) is 3. The molecule has 0 atom stereocenters. The summed E-state index contributed by atoms with van der Waals surface area (Å²) >= 11 is 0. The van der Waals surface area contributed by atoms with Gasteiger partial charge in [-0.3, -0.25) is 9.48 Å². The van der Waals surface area contributed by atoms with E-state index in [1.54, 1.807) is 4.68 Å². The summed E-state index contributed by atoms with van der Waals surface area (Å²) in [6.45, 7) is 4.24. The second-order valence-electron chi connectivity index (χ2n) is 4.74. The molecule has 2 amide bonds. The topological polar surface area (TPSA) is 96.7 Å². The SMILES string of the molecule is COCCN(CC(=O)O)C(=O)NCc1c(C)nn(C)c1C. The van der Waals surface area contributed by atoms with Crippen molar-refractivity contribution in [2.75, 3.05) is 26.8 Å². The van der Waals surface area contributed by atoms with E-state index in [4.69, 9.17) is 9.84 Å². The number of nitrogens with one attached hydrogen (secondary N) is 1. The summed E-state index contributed by atoms with van der Waals surface area (Å²) in [6, 6.07) is -0.433. The molecule has 0 spiro atoms. The number of urea groups is 1. The molecule has 0 saturated carbocycles. The van der Waals surface area contributed by atoms with Crippen molar-refractivity contribution < 1.29 is 19.4 Å². The van der Waals surface area contributed by atoms with Crippen molar-refractivity contribution in [2.45, 2.75) is 20.4 Å². The lowest BCUT2D eigenvalue weighted by Gasteiger charge is -2.20. The van der Waals surface area contributed by atoms with E-state index in [2.05, 4.69) is 10.4 Å². The van der Waals surface area contributed by atoms with Gasteiger partial charge in [0.15, 0.2) is 0 Å². The third-order valence-corrected chi connectivity index (χ3v) is 3.25. The molecule has 2 N–H and O–H groups in total. The number of amides is 2. The highest BCUT2D eigenvalue weighted by Gasteiger charge is 2.17. The van der Waals surface area contributed by atoms with Gasteiger partial charge in [0, 0.05) is 38.5 Å². The Kier molecular flexibility index (Phi) is 6.16. The fraction of sp³-hybridized carbons (Fsp3) is 0.615. The van der Waals surface area contributed by atoms with Crippen molar-refractivity contribution in [1.29, 1.82) is 0 Å². The zero-order chi connectivity index (χ0) is 16.0. The van der Waals surface area contributed by atoms with Crippen LogP contribution in [-0.4, -0.2) is 58.6 Å². The van der Waals surface area contributed by atoms with Gasteiger partial charge < -0.3 is 20.1 Å². The number of hydrogen-bond donors (Lipinski definition) is 2. The largest absolute Gasteiger partial charge is 0.480 e. The minimum atomic E-state index is -1.06. The Morgan fingerprint density at radius 3 is 2.57 bits per heavy atom. The van der Waals surface area contributed by atoms with Crippen molar-refractivity contribution >= 4 is 12.0 Å². The molecule has 0 aliphatic carbocycles. The van der Waals surface area contributed by atoms with Gasteiger partial charge in [0.25, 0.3) is 0 Å². The summed E-state index contributed by atoms with van der Waals surface area (Å²) in [7, 11) is 3.34. The van der Waals surface area contributed by atoms with Crippen LogP contribution in [0.15, 0.2) is 0 Å². The molecule has 8 nitrogen and oxygen atoms in total. The van der Waals surface area contributed by atoms with Crippen LogP contribution < -0.4 is 5.32 Å². The summed E-state index contributed by atoms with van der Waals surface area (Å²) in [6.07, 6.45) is 0. The quantitative estimate of drug-likeness (QED) is 0.753. The minimum Gasteiger partial charge on any atom is -0.480 e.